The topological polar surface area (TPSA) is 82.6 Å². The van der Waals surface area contributed by atoms with Crippen molar-refractivity contribution in [3.05, 3.63) is 23.0 Å². The van der Waals surface area contributed by atoms with E-state index < -0.39 is 11.9 Å². The molecule has 1 amide bonds. The molecule has 0 saturated carbocycles. The van der Waals surface area contributed by atoms with Crippen LogP contribution < -0.4 is 0 Å². The van der Waals surface area contributed by atoms with Crippen LogP contribution in [0.25, 0.3) is 0 Å². The summed E-state index contributed by atoms with van der Waals surface area (Å²) >= 11 is 5.68. The van der Waals surface area contributed by atoms with Crippen molar-refractivity contribution in [1.82, 2.24) is 9.88 Å². The predicted octanol–water partition coefficient (Wildman–Crippen LogP) is 0.841. The van der Waals surface area contributed by atoms with E-state index in [2.05, 4.69) is 4.98 Å². The summed E-state index contributed by atoms with van der Waals surface area (Å²) < 4.78 is 4.82. The monoisotopic (exact) mass is 260 g/mol. The maximum absolute atomic E-state index is 11.9. The van der Waals surface area contributed by atoms with Crippen LogP contribution in [0.3, 0.4) is 0 Å². The van der Waals surface area contributed by atoms with Gasteiger partial charge in [-0.3, -0.25) is 9.59 Å². The number of ether oxygens (including phenoxy) is 1. The molecule has 2 N–H and O–H groups in total. The van der Waals surface area contributed by atoms with Gasteiger partial charge < -0.3 is 19.7 Å². The van der Waals surface area contributed by atoms with Gasteiger partial charge in [0.15, 0.2) is 0 Å². The number of hydrogen-bond donors (Lipinski definition) is 2. The molecule has 94 valence electrons. The highest BCUT2D eigenvalue weighted by atomic mass is 35.5. The Morgan fingerprint density at radius 1 is 1.59 bits per heavy atom. The Morgan fingerprint density at radius 2 is 2.29 bits per heavy atom. The maximum Gasteiger partial charge on any atom is 0.323 e. The zero-order valence-electron chi connectivity index (χ0n) is 9.27. The summed E-state index contributed by atoms with van der Waals surface area (Å²) in [4.78, 5) is 26.4. The van der Waals surface area contributed by atoms with Crippen molar-refractivity contribution in [3.8, 4) is 0 Å². The van der Waals surface area contributed by atoms with E-state index in [1.165, 1.54) is 24.3 Å². The number of aromatic amines is 1. The molecular weight excluding hydrogens is 248 g/mol. The summed E-state index contributed by atoms with van der Waals surface area (Å²) in [6.45, 7) is 0.102. The Balaban J connectivity index is 2.74. The van der Waals surface area contributed by atoms with Gasteiger partial charge in [-0.15, -0.1) is 0 Å². The summed E-state index contributed by atoms with van der Waals surface area (Å²) in [5.41, 5.74) is 0.257. The molecule has 7 heteroatoms. The van der Waals surface area contributed by atoms with Crippen molar-refractivity contribution in [1.29, 1.82) is 0 Å². The van der Waals surface area contributed by atoms with Crippen LogP contribution in [0.1, 0.15) is 10.5 Å². The van der Waals surface area contributed by atoms with Gasteiger partial charge in [-0.25, -0.2) is 0 Å². The lowest BCUT2D eigenvalue weighted by molar-refractivity contribution is -0.137. The van der Waals surface area contributed by atoms with Crippen molar-refractivity contribution in [2.45, 2.75) is 0 Å². The lowest BCUT2D eigenvalue weighted by Crippen LogP contribution is -2.38. The van der Waals surface area contributed by atoms with Gasteiger partial charge in [0.05, 0.1) is 11.6 Å². The average molecular weight is 261 g/mol. The lowest BCUT2D eigenvalue weighted by atomic mass is 10.3. The van der Waals surface area contributed by atoms with Crippen LogP contribution in [0.2, 0.25) is 5.02 Å². The molecule has 1 heterocycles. The van der Waals surface area contributed by atoms with Crippen molar-refractivity contribution < 1.29 is 19.4 Å². The van der Waals surface area contributed by atoms with Crippen LogP contribution in [0.15, 0.2) is 12.3 Å². The maximum atomic E-state index is 11.9. The predicted molar refractivity (Wildman–Crippen MR) is 61.2 cm³/mol. The fourth-order valence-corrected chi connectivity index (χ4v) is 1.44. The summed E-state index contributed by atoms with van der Waals surface area (Å²) in [6.07, 6.45) is 1.46. The van der Waals surface area contributed by atoms with Gasteiger partial charge in [-0.2, -0.15) is 0 Å². The number of aromatic nitrogens is 1. The third kappa shape index (κ3) is 4.08. The van der Waals surface area contributed by atoms with E-state index in [0.717, 1.165) is 0 Å². The van der Waals surface area contributed by atoms with E-state index in [-0.39, 0.29) is 25.4 Å². The normalized spacial score (nSPS) is 10.2. The molecule has 17 heavy (non-hydrogen) atoms. The van der Waals surface area contributed by atoms with Crippen LogP contribution in [-0.4, -0.2) is 53.7 Å². The van der Waals surface area contributed by atoms with E-state index in [9.17, 15) is 9.59 Å². The first-order valence-electron chi connectivity index (χ1n) is 4.88. The number of carbonyl (C=O) groups is 2. The summed E-state index contributed by atoms with van der Waals surface area (Å²) in [5, 5.41) is 9.11. The molecule has 0 aliphatic heterocycles. The minimum atomic E-state index is -1.08. The second kappa shape index (κ2) is 6.27. The smallest absolute Gasteiger partial charge is 0.323 e. The van der Waals surface area contributed by atoms with Crippen molar-refractivity contribution in [2.75, 3.05) is 26.8 Å². The first-order chi connectivity index (χ1) is 8.04. The molecule has 0 aliphatic rings. The third-order valence-corrected chi connectivity index (χ3v) is 2.28. The first-order valence-corrected chi connectivity index (χ1v) is 5.26. The average Bonchev–Trinajstić information content (AvgIpc) is 2.69. The van der Waals surface area contributed by atoms with Crippen LogP contribution in [0.5, 0.6) is 0 Å². The number of carbonyl (C=O) groups excluding carboxylic acids is 1. The number of carboxylic acids is 1. The number of methoxy groups -OCH3 is 1. The van der Waals surface area contributed by atoms with Crippen molar-refractivity contribution >= 4 is 23.5 Å². The van der Waals surface area contributed by atoms with Crippen LogP contribution >= 0.6 is 11.6 Å². The van der Waals surface area contributed by atoms with Crippen LogP contribution in [0.4, 0.5) is 0 Å². The molecule has 1 rings (SSSR count). The Labute approximate surface area is 103 Å². The number of H-pyrrole nitrogens is 1. The zero-order valence-corrected chi connectivity index (χ0v) is 10.0. The molecule has 0 atom stereocenters. The molecule has 0 fully saturated rings. The van der Waals surface area contributed by atoms with Crippen molar-refractivity contribution in [2.24, 2.45) is 0 Å². The second-order valence-corrected chi connectivity index (χ2v) is 3.78. The van der Waals surface area contributed by atoms with Gasteiger partial charge in [0.1, 0.15) is 12.2 Å². The summed E-state index contributed by atoms with van der Waals surface area (Å²) in [6, 6.07) is 1.45. The molecular formula is C10H13ClN2O4. The standard InChI is InChI=1S/C10H13ClN2O4/c1-17-3-2-13(6-9(14)15)10(16)8-4-7(11)5-12-8/h4-5,12H,2-3,6H2,1H3,(H,14,15). The van der Waals surface area contributed by atoms with Gasteiger partial charge in [0, 0.05) is 19.9 Å². The molecule has 0 aromatic carbocycles. The molecule has 0 unspecified atom stereocenters. The SMILES string of the molecule is COCCN(CC(=O)O)C(=O)c1cc(Cl)c[nH]1. The Bertz CT molecular complexity index is 405. The van der Waals surface area contributed by atoms with Crippen molar-refractivity contribution in [3.63, 3.8) is 0 Å². The fraction of sp³-hybridized carbons (Fsp3) is 0.400. The minimum absolute atomic E-state index is 0.207. The zero-order chi connectivity index (χ0) is 12.8. The number of carboxylic acid groups (broad SMARTS) is 1. The highest BCUT2D eigenvalue weighted by molar-refractivity contribution is 6.30. The molecule has 0 bridgehead atoms. The van der Waals surface area contributed by atoms with E-state index >= 15 is 0 Å². The van der Waals surface area contributed by atoms with Gasteiger partial charge in [-0.1, -0.05) is 11.6 Å². The van der Waals surface area contributed by atoms with Crippen LogP contribution in [-0.2, 0) is 9.53 Å². The number of hydrogen-bond acceptors (Lipinski definition) is 3. The Kier molecular flexibility index (Phi) is 4.99. The van der Waals surface area contributed by atoms with E-state index in [1.807, 2.05) is 0 Å². The minimum Gasteiger partial charge on any atom is -0.480 e. The molecule has 1 aromatic heterocycles. The summed E-state index contributed by atoms with van der Waals surface area (Å²) in [7, 11) is 1.48. The van der Waals surface area contributed by atoms with Gasteiger partial charge in [0.2, 0.25) is 0 Å². The Hall–Kier alpha value is -1.53. The van der Waals surface area contributed by atoms with Crippen LogP contribution in [0, 0.1) is 0 Å². The fourth-order valence-electron chi connectivity index (χ4n) is 1.28. The van der Waals surface area contributed by atoms with E-state index in [4.69, 9.17) is 21.4 Å². The Morgan fingerprint density at radius 3 is 2.76 bits per heavy atom. The number of amides is 1. The molecule has 6 nitrogen and oxygen atoms in total. The second-order valence-electron chi connectivity index (χ2n) is 3.34. The summed E-state index contributed by atoms with van der Waals surface area (Å²) in [5.74, 6) is -1.50. The highest BCUT2D eigenvalue weighted by Gasteiger charge is 2.19. The molecule has 0 radical (unpaired) electrons. The quantitative estimate of drug-likeness (QED) is 0.794. The molecule has 0 saturated heterocycles. The van der Waals surface area contributed by atoms with Gasteiger partial charge in [0.25, 0.3) is 5.91 Å². The largest absolute Gasteiger partial charge is 0.480 e. The highest BCUT2D eigenvalue weighted by Crippen LogP contribution is 2.11. The van der Waals surface area contributed by atoms with Gasteiger partial charge >= 0.3 is 5.97 Å². The van der Waals surface area contributed by atoms with E-state index in [1.54, 1.807) is 0 Å². The number of halogens is 1. The number of nitrogens with zero attached hydrogens (tertiary/aromatic N) is 1. The lowest BCUT2D eigenvalue weighted by Gasteiger charge is -2.19. The molecule has 0 aliphatic carbocycles. The third-order valence-electron chi connectivity index (χ3n) is 2.06. The number of nitrogens with one attached hydrogen (secondary N) is 1. The number of aliphatic carboxylic acids is 1. The van der Waals surface area contributed by atoms with Gasteiger partial charge in [-0.05, 0) is 6.07 Å². The van der Waals surface area contributed by atoms with E-state index in [0.29, 0.717) is 5.02 Å². The molecule has 0 spiro atoms. The molecule has 1 aromatic rings. The number of rotatable bonds is 6. The first kappa shape index (κ1) is 13.5.